The van der Waals surface area contributed by atoms with E-state index in [9.17, 15) is 14.9 Å². The van der Waals surface area contributed by atoms with Gasteiger partial charge in [-0.15, -0.1) is 0 Å². The van der Waals surface area contributed by atoms with Crippen LogP contribution in [0.15, 0.2) is 41.1 Å². The molecule has 0 saturated heterocycles. The van der Waals surface area contributed by atoms with E-state index in [-0.39, 0.29) is 18.1 Å². The summed E-state index contributed by atoms with van der Waals surface area (Å²) < 4.78 is 0. The lowest BCUT2D eigenvalue weighted by atomic mass is 10.2. The Morgan fingerprint density at radius 2 is 1.91 bits per heavy atom. The molecule has 1 heterocycles. The van der Waals surface area contributed by atoms with Gasteiger partial charge in [-0.25, -0.2) is 0 Å². The fourth-order valence-electron chi connectivity index (χ4n) is 2.03. The maximum Gasteiger partial charge on any atom is 0.269 e. The number of likely N-dealkylation sites (N-methyl/N-ethyl adjacent to an activating group) is 2. The summed E-state index contributed by atoms with van der Waals surface area (Å²) in [6.45, 7) is 0.993. The van der Waals surface area contributed by atoms with E-state index < -0.39 is 4.92 Å². The standard InChI is InChI=1S/C15H17N3O3S/c1-16(9-12-7-8-22-11-12)10-15(19)17(2)13-3-5-14(6-4-13)18(20)21/h3-8,11H,9-10H2,1-2H3. The first-order valence-electron chi connectivity index (χ1n) is 6.68. The number of anilines is 1. The SMILES string of the molecule is CN(CC(=O)N(C)c1ccc([N+](=O)[O-])cc1)Cc1ccsc1. The molecule has 2 rings (SSSR count). The molecule has 22 heavy (non-hydrogen) atoms. The van der Waals surface area contributed by atoms with Gasteiger partial charge in [0.2, 0.25) is 5.91 Å². The Hall–Kier alpha value is -2.25. The molecule has 2 aromatic rings. The zero-order chi connectivity index (χ0) is 16.1. The average Bonchev–Trinajstić information content (AvgIpc) is 2.99. The first-order valence-corrected chi connectivity index (χ1v) is 7.62. The fourth-order valence-corrected chi connectivity index (χ4v) is 2.69. The van der Waals surface area contributed by atoms with Crippen molar-refractivity contribution >= 4 is 28.6 Å². The molecule has 0 spiro atoms. The van der Waals surface area contributed by atoms with Gasteiger partial charge < -0.3 is 4.90 Å². The number of nitro groups is 1. The minimum atomic E-state index is -0.458. The number of carbonyl (C=O) groups excluding carboxylic acids is 1. The van der Waals surface area contributed by atoms with Gasteiger partial charge in [0.15, 0.2) is 0 Å². The lowest BCUT2D eigenvalue weighted by Crippen LogP contribution is -2.36. The number of hydrogen-bond acceptors (Lipinski definition) is 5. The van der Waals surface area contributed by atoms with Crippen molar-refractivity contribution in [2.75, 3.05) is 25.5 Å². The highest BCUT2D eigenvalue weighted by Crippen LogP contribution is 2.18. The van der Waals surface area contributed by atoms with Crippen LogP contribution in [0.4, 0.5) is 11.4 Å². The van der Waals surface area contributed by atoms with Gasteiger partial charge in [-0.05, 0) is 41.6 Å². The van der Waals surface area contributed by atoms with Crippen LogP contribution in [0.3, 0.4) is 0 Å². The molecule has 0 bridgehead atoms. The maximum absolute atomic E-state index is 12.3. The van der Waals surface area contributed by atoms with Gasteiger partial charge >= 0.3 is 0 Å². The zero-order valence-corrected chi connectivity index (χ0v) is 13.2. The molecule has 1 aromatic heterocycles. The number of amides is 1. The van der Waals surface area contributed by atoms with Crippen molar-refractivity contribution in [2.45, 2.75) is 6.54 Å². The Morgan fingerprint density at radius 3 is 2.45 bits per heavy atom. The summed E-state index contributed by atoms with van der Waals surface area (Å²) in [7, 11) is 3.56. The summed E-state index contributed by atoms with van der Waals surface area (Å²) in [4.78, 5) is 25.9. The minimum Gasteiger partial charge on any atom is -0.314 e. The quantitative estimate of drug-likeness (QED) is 0.606. The van der Waals surface area contributed by atoms with E-state index in [1.54, 1.807) is 30.5 Å². The summed E-state index contributed by atoms with van der Waals surface area (Å²) in [6, 6.07) is 7.98. The predicted octanol–water partition coefficient (Wildman–Crippen LogP) is 2.75. The number of nitro benzene ring substituents is 1. The molecule has 0 aliphatic heterocycles. The first kappa shape index (κ1) is 16.1. The molecule has 7 heteroatoms. The number of rotatable bonds is 6. The van der Waals surface area contributed by atoms with Crippen LogP contribution in [0.25, 0.3) is 0 Å². The first-order chi connectivity index (χ1) is 10.5. The molecular weight excluding hydrogens is 302 g/mol. The Morgan fingerprint density at radius 1 is 1.23 bits per heavy atom. The number of non-ortho nitro benzene ring substituents is 1. The molecule has 116 valence electrons. The van der Waals surface area contributed by atoms with Crippen molar-refractivity contribution in [2.24, 2.45) is 0 Å². The van der Waals surface area contributed by atoms with Crippen molar-refractivity contribution in [3.05, 3.63) is 56.8 Å². The van der Waals surface area contributed by atoms with Crippen molar-refractivity contribution in [1.82, 2.24) is 4.90 Å². The average molecular weight is 319 g/mol. The molecule has 1 aromatic carbocycles. The lowest BCUT2D eigenvalue weighted by Gasteiger charge is -2.21. The van der Waals surface area contributed by atoms with Crippen molar-refractivity contribution in [1.29, 1.82) is 0 Å². The third-order valence-electron chi connectivity index (χ3n) is 3.26. The van der Waals surface area contributed by atoms with Crippen LogP contribution in [0, 0.1) is 10.1 Å². The van der Waals surface area contributed by atoms with Crippen molar-refractivity contribution in [3.8, 4) is 0 Å². The Bertz CT molecular complexity index is 641. The van der Waals surface area contributed by atoms with E-state index in [2.05, 4.69) is 5.38 Å². The van der Waals surface area contributed by atoms with Gasteiger partial charge in [-0.1, -0.05) is 0 Å². The van der Waals surface area contributed by atoms with Gasteiger partial charge in [0.05, 0.1) is 11.5 Å². The summed E-state index contributed by atoms with van der Waals surface area (Å²) in [6.07, 6.45) is 0. The normalized spacial score (nSPS) is 10.7. The van der Waals surface area contributed by atoms with Gasteiger partial charge in [-0.2, -0.15) is 11.3 Å². The highest BCUT2D eigenvalue weighted by atomic mass is 32.1. The van der Waals surface area contributed by atoms with Crippen LogP contribution in [0.1, 0.15) is 5.56 Å². The zero-order valence-electron chi connectivity index (χ0n) is 12.4. The highest BCUT2D eigenvalue weighted by molar-refractivity contribution is 7.07. The number of benzene rings is 1. The molecule has 0 unspecified atom stereocenters. The van der Waals surface area contributed by atoms with Crippen molar-refractivity contribution in [3.63, 3.8) is 0 Å². The van der Waals surface area contributed by atoms with Crippen molar-refractivity contribution < 1.29 is 9.72 Å². The molecule has 0 atom stereocenters. The number of thiophene rings is 1. The summed E-state index contributed by atoms with van der Waals surface area (Å²) in [5, 5.41) is 14.7. The number of nitrogens with zero attached hydrogens (tertiary/aromatic N) is 3. The molecule has 6 nitrogen and oxygen atoms in total. The van der Waals surface area contributed by atoms with E-state index in [0.717, 1.165) is 0 Å². The van der Waals surface area contributed by atoms with Gasteiger partial charge in [0.25, 0.3) is 5.69 Å². The minimum absolute atomic E-state index is 0.0131. The summed E-state index contributed by atoms with van der Waals surface area (Å²) in [5.41, 5.74) is 1.83. The molecule has 0 aliphatic carbocycles. The molecular formula is C15H17N3O3S. The summed E-state index contributed by atoms with van der Waals surface area (Å²) >= 11 is 1.63. The van der Waals surface area contributed by atoms with Crippen LogP contribution < -0.4 is 4.90 Å². The molecule has 0 radical (unpaired) electrons. The Kier molecular flexibility index (Phi) is 5.24. The summed E-state index contributed by atoms with van der Waals surface area (Å²) in [5.74, 6) is -0.0633. The fraction of sp³-hybridized carbons (Fsp3) is 0.267. The Balaban J connectivity index is 1.94. The van der Waals surface area contributed by atoms with E-state index in [0.29, 0.717) is 12.2 Å². The maximum atomic E-state index is 12.3. The van der Waals surface area contributed by atoms with Crippen LogP contribution in [-0.4, -0.2) is 36.4 Å². The largest absolute Gasteiger partial charge is 0.314 e. The van der Waals surface area contributed by atoms with E-state index in [4.69, 9.17) is 0 Å². The van der Waals surface area contributed by atoms with E-state index in [1.807, 2.05) is 23.4 Å². The van der Waals surface area contributed by atoms with Gasteiger partial charge in [-0.3, -0.25) is 19.8 Å². The highest BCUT2D eigenvalue weighted by Gasteiger charge is 2.15. The van der Waals surface area contributed by atoms with E-state index >= 15 is 0 Å². The smallest absolute Gasteiger partial charge is 0.269 e. The van der Waals surface area contributed by atoms with Crippen LogP contribution in [0.5, 0.6) is 0 Å². The van der Waals surface area contributed by atoms with Gasteiger partial charge in [0.1, 0.15) is 0 Å². The molecule has 1 amide bonds. The van der Waals surface area contributed by atoms with Crippen LogP contribution >= 0.6 is 11.3 Å². The second-order valence-corrected chi connectivity index (χ2v) is 5.81. The monoisotopic (exact) mass is 319 g/mol. The number of hydrogen-bond donors (Lipinski definition) is 0. The molecule has 0 saturated carbocycles. The molecule has 0 fully saturated rings. The Labute approximate surface area is 132 Å². The van der Waals surface area contributed by atoms with Gasteiger partial charge in [0, 0.05) is 31.4 Å². The topological polar surface area (TPSA) is 66.7 Å². The van der Waals surface area contributed by atoms with E-state index in [1.165, 1.54) is 22.6 Å². The number of carbonyl (C=O) groups is 1. The van der Waals surface area contributed by atoms with Crippen LogP contribution in [0.2, 0.25) is 0 Å². The van der Waals surface area contributed by atoms with Crippen LogP contribution in [-0.2, 0) is 11.3 Å². The third-order valence-corrected chi connectivity index (χ3v) is 3.99. The second kappa shape index (κ2) is 7.15. The second-order valence-electron chi connectivity index (χ2n) is 5.03. The lowest BCUT2D eigenvalue weighted by molar-refractivity contribution is -0.384. The third kappa shape index (κ3) is 4.12. The molecule has 0 N–H and O–H groups in total. The predicted molar refractivity (Wildman–Crippen MR) is 87.2 cm³/mol. The molecule has 0 aliphatic rings.